The normalized spacial score (nSPS) is 22.1. The smallest absolute Gasteiger partial charge is 0.392 e. The zero-order valence-electron chi connectivity index (χ0n) is 23.0. The van der Waals surface area contributed by atoms with Crippen molar-refractivity contribution in [2.45, 2.75) is 58.7 Å². The summed E-state index contributed by atoms with van der Waals surface area (Å²) in [5, 5.41) is 6.81. The standard InChI is InChI=1S/C25H37F5N8O/c1-7-16(3)22(34-12-18(8-2)25(28,29)30)35-14-20-17(4)11-24(26,27)15-38(20)23(39)21(31)19(13-33-6)37-36-10-9-32-5/h8-10,12-13,17,20,35,37H,7,11,14-15,31H2,1-6H3/b18-8+,21-19?,22-16+,32-9?,33-13?,34-12-,36-10-. The fraction of sp³-hybridized carbons (Fsp3) is 0.560. The van der Waals surface area contributed by atoms with Crippen LogP contribution in [0.5, 0.6) is 0 Å². The maximum absolute atomic E-state index is 14.6. The van der Waals surface area contributed by atoms with E-state index in [-0.39, 0.29) is 23.8 Å². The molecule has 0 aromatic rings. The number of hydrogen-bond acceptors (Lipinski definition) is 8. The van der Waals surface area contributed by atoms with E-state index < -0.39 is 48.5 Å². The quantitative estimate of drug-likeness (QED) is 0.154. The van der Waals surface area contributed by atoms with E-state index in [1.54, 1.807) is 20.8 Å². The van der Waals surface area contributed by atoms with Crippen molar-refractivity contribution in [3.8, 4) is 0 Å². The first-order valence-electron chi connectivity index (χ1n) is 12.2. The number of nitrogens with one attached hydrogen (secondary N) is 2. The number of rotatable bonds is 11. The summed E-state index contributed by atoms with van der Waals surface area (Å²) in [4.78, 5) is 25.9. The number of aliphatic imine (C=N–C) groups is 3. The van der Waals surface area contributed by atoms with Crippen LogP contribution in [0.3, 0.4) is 0 Å². The first-order valence-corrected chi connectivity index (χ1v) is 12.2. The van der Waals surface area contributed by atoms with Gasteiger partial charge in [0, 0.05) is 45.7 Å². The van der Waals surface area contributed by atoms with Crippen LogP contribution in [0, 0.1) is 5.92 Å². The molecule has 2 unspecified atom stereocenters. The molecule has 4 N–H and O–H groups in total. The molecule has 39 heavy (non-hydrogen) atoms. The average Bonchev–Trinajstić information content (AvgIpc) is 2.86. The maximum Gasteiger partial charge on any atom is 0.417 e. The Morgan fingerprint density at radius 2 is 1.85 bits per heavy atom. The first-order chi connectivity index (χ1) is 18.2. The molecule has 0 radical (unpaired) electrons. The number of nitrogens with zero attached hydrogens (tertiary/aromatic N) is 5. The van der Waals surface area contributed by atoms with E-state index in [0.29, 0.717) is 18.2 Å². The molecular weight excluding hydrogens is 523 g/mol. The number of likely N-dealkylation sites (tertiary alicyclic amines) is 1. The van der Waals surface area contributed by atoms with Gasteiger partial charge in [-0.1, -0.05) is 19.9 Å². The molecule has 0 bridgehead atoms. The summed E-state index contributed by atoms with van der Waals surface area (Å²) in [7, 11) is 2.96. The van der Waals surface area contributed by atoms with Gasteiger partial charge >= 0.3 is 6.18 Å². The minimum absolute atomic E-state index is 0.00505. The number of hydrazone groups is 1. The molecule has 0 spiro atoms. The van der Waals surface area contributed by atoms with Crippen molar-refractivity contribution >= 4 is 30.8 Å². The largest absolute Gasteiger partial charge is 0.417 e. The summed E-state index contributed by atoms with van der Waals surface area (Å²) in [6.45, 7) is 5.37. The summed E-state index contributed by atoms with van der Waals surface area (Å²) < 4.78 is 68.6. The number of carbonyl (C=O) groups is 1. The van der Waals surface area contributed by atoms with Gasteiger partial charge < -0.3 is 16.0 Å². The molecule has 0 saturated carbocycles. The highest BCUT2D eigenvalue weighted by atomic mass is 19.4. The predicted octanol–water partition coefficient (Wildman–Crippen LogP) is 3.82. The van der Waals surface area contributed by atoms with E-state index in [0.717, 1.165) is 11.0 Å². The monoisotopic (exact) mass is 560 g/mol. The van der Waals surface area contributed by atoms with Gasteiger partial charge in [-0.3, -0.25) is 20.2 Å². The molecule has 1 amide bonds. The summed E-state index contributed by atoms with van der Waals surface area (Å²) >= 11 is 0. The molecular formula is C25H37F5N8O. The third-order valence-electron chi connectivity index (χ3n) is 5.98. The van der Waals surface area contributed by atoms with Gasteiger partial charge in [-0.05, 0) is 31.8 Å². The van der Waals surface area contributed by atoms with E-state index in [4.69, 9.17) is 5.73 Å². The lowest BCUT2D eigenvalue weighted by molar-refractivity contribution is -0.148. The Hall–Kier alpha value is -3.58. The summed E-state index contributed by atoms with van der Waals surface area (Å²) in [5.74, 6) is -4.56. The Morgan fingerprint density at radius 3 is 2.38 bits per heavy atom. The van der Waals surface area contributed by atoms with Gasteiger partial charge in [-0.15, -0.1) is 0 Å². The lowest BCUT2D eigenvalue weighted by atomic mass is 9.88. The van der Waals surface area contributed by atoms with Gasteiger partial charge in [0.1, 0.15) is 17.2 Å². The number of hydrogen-bond donors (Lipinski definition) is 3. The van der Waals surface area contributed by atoms with E-state index in [2.05, 4.69) is 30.8 Å². The van der Waals surface area contributed by atoms with Gasteiger partial charge in [0.05, 0.1) is 24.4 Å². The van der Waals surface area contributed by atoms with Gasteiger partial charge in [0.25, 0.3) is 11.8 Å². The van der Waals surface area contributed by atoms with Crippen molar-refractivity contribution in [2.75, 3.05) is 27.2 Å². The van der Waals surface area contributed by atoms with Crippen molar-refractivity contribution in [1.29, 1.82) is 0 Å². The molecule has 9 nitrogen and oxygen atoms in total. The number of amides is 1. The Morgan fingerprint density at radius 1 is 1.18 bits per heavy atom. The third kappa shape index (κ3) is 10.2. The zero-order chi connectivity index (χ0) is 29.8. The van der Waals surface area contributed by atoms with Crippen molar-refractivity contribution in [1.82, 2.24) is 15.6 Å². The highest BCUT2D eigenvalue weighted by Gasteiger charge is 2.46. The molecule has 218 valence electrons. The minimum Gasteiger partial charge on any atom is -0.392 e. The Bertz CT molecular complexity index is 1060. The maximum atomic E-state index is 14.6. The molecule has 0 aromatic carbocycles. The van der Waals surface area contributed by atoms with Gasteiger partial charge in [-0.2, -0.15) is 18.3 Å². The lowest BCUT2D eigenvalue weighted by Crippen LogP contribution is -2.59. The van der Waals surface area contributed by atoms with Crippen LogP contribution in [0.2, 0.25) is 0 Å². The third-order valence-corrected chi connectivity index (χ3v) is 5.98. The van der Waals surface area contributed by atoms with Crippen LogP contribution in [0.1, 0.15) is 40.5 Å². The molecule has 1 rings (SSSR count). The highest BCUT2D eigenvalue weighted by Crippen LogP contribution is 2.35. The topological polar surface area (TPSA) is 120 Å². The Kier molecular flexibility index (Phi) is 13.0. The van der Waals surface area contributed by atoms with E-state index >= 15 is 0 Å². The first kappa shape index (κ1) is 33.4. The van der Waals surface area contributed by atoms with Crippen molar-refractivity contribution in [2.24, 2.45) is 31.7 Å². The molecule has 1 aliphatic rings. The second-order valence-corrected chi connectivity index (χ2v) is 8.91. The van der Waals surface area contributed by atoms with Crippen molar-refractivity contribution in [3.63, 3.8) is 0 Å². The molecule has 1 saturated heterocycles. The van der Waals surface area contributed by atoms with Crippen molar-refractivity contribution < 1.29 is 26.7 Å². The number of allylic oxidation sites excluding steroid dienone is 4. The van der Waals surface area contributed by atoms with Crippen LogP contribution in [-0.4, -0.2) is 81.0 Å². The van der Waals surface area contributed by atoms with E-state index in [1.807, 2.05) is 0 Å². The van der Waals surface area contributed by atoms with Gasteiger partial charge in [0.15, 0.2) is 0 Å². The molecule has 1 aliphatic heterocycles. The Balaban J connectivity index is 3.36. The predicted molar refractivity (Wildman–Crippen MR) is 145 cm³/mol. The lowest BCUT2D eigenvalue weighted by Gasteiger charge is -2.43. The zero-order valence-corrected chi connectivity index (χ0v) is 23.0. The summed E-state index contributed by atoms with van der Waals surface area (Å²) in [5.41, 5.74) is 7.94. The van der Waals surface area contributed by atoms with Crippen LogP contribution >= 0.6 is 0 Å². The second kappa shape index (κ2) is 15.1. The van der Waals surface area contributed by atoms with Crippen LogP contribution in [-0.2, 0) is 4.79 Å². The summed E-state index contributed by atoms with van der Waals surface area (Å²) in [6.07, 6.45) is 0.909. The molecule has 1 fully saturated rings. The SMILES string of the molecule is C\C=C(/C=N\C(NCC1C(C)CC(F)(F)CN1C(=O)C(N)=C(C=NC)N/N=C\C=NC)=C(\C)CC)C(F)(F)F. The number of piperidine rings is 1. The van der Waals surface area contributed by atoms with Crippen molar-refractivity contribution in [3.05, 3.63) is 34.4 Å². The number of nitrogens with two attached hydrogens (primary N) is 1. The molecule has 2 atom stereocenters. The van der Waals surface area contributed by atoms with Crippen LogP contribution in [0.25, 0.3) is 0 Å². The molecule has 1 heterocycles. The minimum atomic E-state index is -4.58. The van der Waals surface area contributed by atoms with Crippen LogP contribution in [0.4, 0.5) is 22.0 Å². The van der Waals surface area contributed by atoms with Crippen LogP contribution in [0.15, 0.2) is 54.5 Å². The van der Waals surface area contributed by atoms with Gasteiger partial charge in [-0.25, -0.2) is 13.8 Å². The number of halogens is 5. The number of carbonyl (C=O) groups excluding carboxylic acids is 1. The fourth-order valence-electron chi connectivity index (χ4n) is 3.76. The molecule has 0 aromatic heterocycles. The van der Waals surface area contributed by atoms with E-state index in [9.17, 15) is 26.7 Å². The highest BCUT2D eigenvalue weighted by molar-refractivity contribution is 6.15. The van der Waals surface area contributed by atoms with E-state index in [1.165, 1.54) is 39.7 Å². The fourth-order valence-corrected chi connectivity index (χ4v) is 3.76. The molecule has 0 aliphatic carbocycles. The van der Waals surface area contributed by atoms with Crippen LogP contribution < -0.4 is 16.5 Å². The summed E-state index contributed by atoms with van der Waals surface area (Å²) in [6, 6.07) is -0.773. The average molecular weight is 561 g/mol. The van der Waals surface area contributed by atoms with Gasteiger partial charge in [0.2, 0.25) is 0 Å². The Labute approximate surface area is 225 Å². The number of alkyl halides is 5. The second-order valence-electron chi connectivity index (χ2n) is 8.91. The molecule has 14 heteroatoms.